The Morgan fingerprint density at radius 1 is 0.724 bits per heavy atom. The summed E-state index contributed by atoms with van der Waals surface area (Å²) in [4.78, 5) is 4.68. The maximum Gasteiger partial charge on any atom is 0.160 e. The average Bonchev–Trinajstić information content (AvgIpc) is 2.78. The summed E-state index contributed by atoms with van der Waals surface area (Å²) in [5, 5.41) is 2.22. The van der Waals surface area contributed by atoms with Crippen molar-refractivity contribution < 1.29 is 14.2 Å². The highest BCUT2D eigenvalue weighted by Gasteiger charge is 2.12. The monoisotopic (exact) mass is 385 g/mol. The number of benzene rings is 3. The molecule has 0 bridgehead atoms. The average molecular weight is 385 g/mol. The molecule has 146 valence electrons. The van der Waals surface area contributed by atoms with Crippen molar-refractivity contribution in [1.82, 2.24) is 4.98 Å². The first-order valence-electron chi connectivity index (χ1n) is 9.45. The van der Waals surface area contributed by atoms with Crippen LogP contribution < -0.4 is 14.2 Å². The third kappa shape index (κ3) is 3.74. The Morgan fingerprint density at radius 3 is 2.21 bits per heavy atom. The normalized spacial score (nSPS) is 10.7. The van der Waals surface area contributed by atoms with Crippen molar-refractivity contribution in [1.29, 1.82) is 0 Å². The van der Waals surface area contributed by atoms with Crippen LogP contribution in [0.25, 0.3) is 21.9 Å². The van der Waals surface area contributed by atoms with Crippen molar-refractivity contribution in [2.45, 2.75) is 6.42 Å². The van der Waals surface area contributed by atoms with Gasteiger partial charge in [-0.2, -0.15) is 0 Å². The Hall–Kier alpha value is -3.53. The summed E-state index contributed by atoms with van der Waals surface area (Å²) >= 11 is 0. The van der Waals surface area contributed by atoms with Crippen LogP contribution in [0, 0.1) is 0 Å². The van der Waals surface area contributed by atoms with Crippen molar-refractivity contribution in [2.24, 2.45) is 0 Å². The second-order valence-electron chi connectivity index (χ2n) is 6.76. The van der Waals surface area contributed by atoms with Gasteiger partial charge < -0.3 is 14.2 Å². The predicted octanol–water partition coefficient (Wildman–Crippen LogP) is 5.52. The highest BCUT2D eigenvalue weighted by atomic mass is 16.5. The molecule has 0 saturated carbocycles. The second kappa shape index (κ2) is 8.23. The first-order chi connectivity index (χ1) is 14.2. The van der Waals surface area contributed by atoms with Crippen molar-refractivity contribution in [3.05, 3.63) is 84.2 Å². The summed E-state index contributed by atoms with van der Waals surface area (Å²) in [6.07, 6.45) is 2.54. The summed E-state index contributed by atoms with van der Waals surface area (Å²) in [7, 11) is 5.00. The Kier molecular flexibility index (Phi) is 5.34. The lowest BCUT2D eigenvalue weighted by Gasteiger charge is -2.14. The van der Waals surface area contributed by atoms with Gasteiger partial charge in [-0.1, -0.05) is 36.4 Å². The van der Waals surface area contributed by atoms with Gasteiger partial charge in [0.2, 0.25) is 0 Å². The maximum absolute atomic E-state index is 5.67. The molecule has 0 aliphatic carbocycles. The van der Waals surface area contributed by atoms with E-state index < -0.39 is 0 Å². The molecule has 4 nitrogen and oxygen atoms in total. The molecule has 29 heavy (non-hydrogen) atoms. The summed E-state index contributed by atoms with van der Waals surface area (Å²) in [6, 6.07) is 22.5. The van der Waals surface area contributed by atoms with Gasteiger partial charge in [0.25, 0.3) is 0 Å². The zero-order valence-electron chi connectivity index (χ0n) is 16.8. The largest absolute Gasteiger partial charge is 0.496 e. The molecule has 0 N–H and O–H groups in total. The minimum atomic E-state index is 0.693. The number of rotatable bonds is 6. The van der Waals surface area contributed by atoms with Crippen LogP contribution in [0.15, 0.2) is 72.9 Å². The summed E-state index contributed by atoms with van der Waals surface area (Å²) in [5.74, 6) is 2.29. The van der Waals surface area contributed by atoms with Gasteiger partial charge in [0.05, 0.1) is 27.0 Å². The maximum atomic E-state index is 5.67. The Labute approximate surface area is 170 Å². The molecule has 4 aromatic rings. The zero-order chi connectivity index (χ0) is 20.2. The molecule has 4 heteroatoms. The molecule has 4 rings (SSSR count). The van der Waals surface area contributed by atoms with Crippen LogP contribution in [-0.4, -0.2) is 26.3 Å². The summed E-state index contributed by atoms with van der Waals surface area (Å²) < 4.78 is 16.5. The van der Waals surface area contributed by atoms with Crippen molar-refractivity contribution in [3.8, 4) is 28.4 Å². The third-order valence-electron chi connectivity index (χ3n) is 5.07. The van der Waals surface area contributed by atoms with E-state index in [1.54, 1.807) is 21.3 Å². The van der Waals surface area contributed by atoms with Crippen LogP contribution in [0.2, 0.25) is 0 Å². The van der Waals surface area contributed by atoms with Crippen molar-refractivity contribution >= 4 is 10.8 Å². The molecule has 1 aromatic heterocycles. The number of hydrogen-bond acceptors (Lipinski definition) is 4. The van der Waals surface area contributed by atoms with Gasteiger partial charge in [0, 0.05) is 23.6 Å². The predicted molar refractivity (Wildman–Crippen MR) is 116 cm³/mol. The van der Waals surface area contributed by atoms with Gasteiger partial charge in [-0.05, 0) is 46.8 Å². The van der Waals surface area contributed by atoms with E-state index in [-0.39, 0.29) is 0 Å². The zero-order valence-corrected chi connectivity index (χ0v) is 16.8. The molecule has 1 heterocycles. The molecular weight excluding hydrogens is 362 g/mol. The van der Waals surface area contributed by atoms with Crippen LogP contribution >= 0.6 is 0 Å². The highest BCUT2D eigenvalue weighted by Crippen LogP contribution is 2.36. The van der Waals surface area contributed by atoms with Crippen LogP contribution in [0.5, 0.6) is 17.2 Å². The SMILES string of the molecule is COc1ccc(Cc2nccc3cc(OC)c(-c4ccccc4)cc23)cc1OC. The summed E-state index contributed by atoms with van der Waals surface area (Å²) in [6.45, 7) is 0. The van der Waals surface area contributed by atoms with Crippen molar-refractivity contribution in [2.75, 3.05) is 21.3 Å². The molecule has 3 aromatic carbocycles. The molecule has 0 saturated heterocycles. The van der Waals surface area contributed by atoms with E-state index >= 15 is 0 Å². The Balaban J connectivity index is 1.81. The lowest BCUT2D eigenvalue weighted by atomic mass is 9.97. The van der Waals surface area contributed by atoms with E-state index in [1.165, 1.54) is 0 Å². The van der Waals surface area contributed by atoms with Crippen LogP contribution in [-0.2, 0) is 6.42 Å². The van der Waals surface area contributed by atoms with E-state index in [9.17, 15) is 0 Å². The molecule has 0 aliphatic rings. The fourth-order valence-electron chi connectivity index (χ4n) is 3.60. The quantitative estimate of drug-likeness (QED) is 0.438. The van der Waals surface area contributed by atoms with Gasteiger partial charge in [0.15, 0.2) is 11.5 Å². The highest BCUT2D eigenvalue weighted by molar-refractivity contribution is 5.92. The minimum Gasteiger partial charge on any atom is -0.496 e. The molecule has 0 aliphatic heterocycles. The minimum absolute atomic E-state index is 0.693. The number of pyridine rings is 1. The number of fused-ring (bicyclic) bond motifs is 1. The number of aromatic nitrogens is 1. The van der Waals surface area contributed by atoms with Crippen LogP contribution in [0.4, 0.5) is 0 Å². The number of methoxy groups -OCH3 is 3. The lowest BCUT2D eigenvalue weighted by Crippen LogP contribution is -1.97. The topological polar surface area (TPSA) is 40.6 Å². The van der Waals surface area contributed by atoms with Crippen molar-refractivity contribution in [3.63, 3.8) is 0 Å². The van der Waals surface area contributed by atoms with E-state index in [4.69, 9.17) is 14.2 Å². The third-order valence-corrected chi connectivity index (χ3v) is 5.07. The number of nitrogens with zero attached hydrogens (tertiary/aromatic N) is 1. The number of ether oxygens (including phenoxy) is 3. The smallest absolute Gasteiger partial charge is 0.160 e. The number of hydrogen-bond donors (Lipinski definition) is 0. The lowest BCUT2D eigenvalue weighted by molar-refractivity contribution is 0.354. The first-order valence-corrected chi connectivity index (χ1v) is 9.45. The van der Waals surface area contributed by atoms with Gasteiger partial charge in [0.1, 0.15) is 5.75 Å². The molecule has 0 radical (unpaired) electrons. The molecule has 0 atom stereocenters. The van der Waals surface area contributed by atoms with Gasteiger partial charge in [-0.3, -0.25) is 4.98 Å². The Bertz CT molecular complexity index is 1140. The molecule has 0 spiro atoms. The summed E-state index contributed by atoms with van der Waals surface area (Å²) in [5.41, 5.74) is 4.30. The molecule has 0 amide bonds. The van der Waals surface area contributed by atoms with Gasteiger partial charge in [-0.25, -0.2) is 0 Å². The molecular formula is C25H23NO3. The molecule has 0 fully saturated rings. The molecule has 0 unspecified atom stereocenters. The Morgan fingerprint density at radius 2 is 1.48 bits per heavy atom. The van der Waals surface area contributed by atoms with E-state index in [0.717, 1.165) is 50.4 Å². The fourth-order valence-corrected chi connectivity index (χ4v) is 3.60. The van der Waals surface area contributed by atoms with Crippen LogP contribution in [0.3, 0.4) is 0 Å². The second-order valence-corrected chi connectivity index (χ2v) is 6.76. The standard InChI is InChI=1S/C25H23NO3/c1-27-23-10-9-17(14-25(23)29-3)13-22-20-16-21(18-7-5-4-6-8-18)24(28-2)15-19(20)11-12-26-22/h4-12,14-16H,13H2,1-3H3. The van der Waals surface area contributed by atoms with E-state index in [1.807, 2.05) is 48.7 Å². The van der Waals surface area contributed by atoms with E-state index in [0.29, 0.717) is 6.42 Å². The van der Waals surface area contributed by atoms with E-state index in [2.05, 4.69) is 29.2 Å². The fraction of sp³-hybridized carbons (Fsp3) is 0.160. The van der Waals surface area contributed by atoms with Gasteiger partial charge >= 0.3 is 0 Å². The first kappa shape index (κ1) is 18.8. The van der Waals surface area contributed by atoms with Crippen LogP contribution in [0.1, 0.15) is 11.3 Å². The van der Waals surface area contributed by atoms with Gasteiger partial charge in [-0.15, -0.1) is 0 Å².